The molecule has 0 saturated carbocycles. The van der Waals surface area contributed by atoms with E-state index in [-0.39, 0.29) is 34.2 Å². The van der Waals surface area contributed by atoms with Crippen LogP contribution in [0.3, 0.4) is 0 Å². The van der Waals surface area contributed by atoms with Gasteiger partial charge in [-0.1, -0.05) is 12.1 Å². The fourth-order valence-corrected chi connectivity index (χ4v) is 3.57. The number of hydrogen-bond acceptors (Lipinski definition) is 9. The molecule has 0 saturated heterocycles. The van der Waals surface area contributed by atoms with Crippen LogP contribution in [0.2, 0.25) is 0 Å². The first-order valence-electron chi connectivity index (χ1n) is 9.90. The van der Waals surface area contributed by atoms with Gasteiger partial charge in [0.15, 0.2) is 6.61 Å². The number of carbonyl (C=O) groups is 3. The highest BCUT2D eigenvalue weighted by molar-refractivity contribution is 7.99. The lowest BCUT2D eigenvalue weighted by atomic mass is 10.1. The summed E-state index contributed by atoms with van der Waals surface area (Å²) in [6.07, 6.45) is 1.56. The van der Waals surface area contributed by atoms with E-state index in [0.717, 1.165) is 11.8 Å². The van der Waals surface area contributed by atoms with Crippen molar-refractivity contribution >= 4 is 40.8 Å². The SMILES string of the molecule is COc1ccc(C(=O)OCC(=O)c2cccc([N+](=O)[O-])c2)cc1NC(=O)CSCc1ccco1. The molecule has 0 bridgehead atoms. The van der Waals surface area contributed by atoms with Crippen LogP contribution in [-0.2, 0) is 15.3 Å². The number of nitrogens with zero attached hydrogens (tertiary/aromatic N) is 1. The summed E-state index contributed by atoms with van der Waals surface area (Å²) in [6.45, 7) is -0.600. The summed E-state index contributed by atoms with van der Waals surface area (Å²) in [5, 5.41) is 13.6. The van der Waals surface area contributed by atoms with Gasteiger partial charge in [-0.25, -0.2) is 4.79 Å². The number of methoxy groups -OCH3 is 1. The number of nitro benzene ring substituents is 1. The summed E-state index contributed by atoms with van der Waals surface area (Å²) in [5.41, 5.74) is 0.170. The van der Waals surface area contributed by atoms with Crippen LogP contribution >= 0.6 is 11.8 Å². The topological polar surface area (TPSA) is 138 Å². The van der Waals surface area contributed by atoms with Crippen LogP contribution in [-0.4, -0.2) is 42.1 Å². The number of thioether (sulfide) groups is 1. The lowest BCUT2D eigenvalue weighted by molar-refractivity contribution is -0.384. The van der Waals surface area contributed by atoms with Crippen molar-refractivity contribution in [3.8, 4) is 5.75 Å². The Balaban J connectivity index is 1.59. The van der Waals surface area contributed by atoms with Crippen molar-refractivity contribution in [3.05, 3.63) is 87.9 Å². The molecule has 1 aromatic heterocycles. The monoisotopic (exact) mass is 484 g/mol. The molecule has 1 amide bonds. The first-order chi connectivity index (χ1) is 16.4. The number of Topliss-reactive ketones (excluding diaryl/α,β-unsaturated/α-hetero) is 1. The number of non-ortho nitro benzene ring substituents is 1. The summed E-state index contributed by atoms with van der Waals surface area (Å²) in [5.74, 6) is 0.0741. The first-order valence-corrected chi connectivity index (χ1v) is 11.1. The van der Waals surface area contributed by atoms with Crippen LogP contribution in [0.25, 0.3) is 0 Å². The lowest BCUT2D eigenvalue weighted by Crippen LogP contribution is -2.17. The molecular formula is C23H20N2O8S. The Hall–Kier alpha value is -4.12. The number of nitrogens with one attached hydrogen (secondary N) is 1. The molecule has 0 atom stereocenters. The largest absolute Gasteiger partial charge is 0.495 e. The number of furan rings is 1. The molecule has 0 fully saturated rings. The third kappa shape index (κ3) is 6.69. The molecule has 0 unspecified atom stereocenters. The van der Waals surface area contributed by atoms with Crippen molar-refractivity contribution in [2.45, 2.75) is 5.75 Å². The van der Waals surface area contributed by atoms with Crippen LogP contribution in [0.15, 0.2) is 65.3 Å². The molecule has 0 aliphatic carbocycles. The number of carbonyl (C=O) groups excluding carboxylic acids is 3. The number of esters is 1. The zero-order chi connectivity index (χ0) is 24.5. The van der Waals surface area contributed by atoms with Crippen molar-refractivity contribution in [3.63, 3.8) is 0 Å². The van der Waals surface area contributed by atoms with E-state index in [0.29, 0.717) is 11.5 Å². The van der Waals surface area contributed by atoms with Gasteiger partial charge in [-0.2, -0.15) is 0 Å². The summed E-state index contributed by atoms with van der Waals surface area (Å²) in [7, 11) is 1.42. The molecule has 0 aliphatic heterocycles. The normalized spacial score (nSPS) is 10.4. The number of hydrogen-bond donors (Lipinski definition) is 1. The summed E-state index contributed by atoms with van der Waals surface area (Å²) >= 11 is 1.36. The van der Waals surface area contributed by atoms with Crippen LogP contribution in [0.4, 0.5) is 11.4 Å². The molecule has 176 valence electrons. The molecule has 0 radical (unpaired) electrons. The van der Waals surface area contributed by atoms with Gasteiger partial charge in [-0.3, -0.25) is 19.7 Å². The predicted octanol–water partition coefficient (Wildman–Crippen LogP) is 4.11. The summed E-state index contributed by atoms with van der Waals surface area (Å²) < 4.78 is 15.5. The molecule has 2 aromatic carbocycles. The average Bonchev–Trinajstić information content (AvgIpc) is 3.36. The number of ether oxygens (including phenoxy) is 2. The van der Waals surface area contributed by atoms with E-state index in [2.05, 4.69) is 5.32 Å². The Bertz CT molecular complexity index is 1190. The van der Waals surface area contributed by atoms with Crippen molar-refractivity contribution in [1.82, 2.24) is 0 Å². The first kappa shape index (κ1) is 24.5. The number of nitro groups is 1. The Morgan fingerprint density at radius 2 is 1.91 bits per heavy atom. The van der Waals surface area contributed by atoms with Crippen LogP contribution in [0, 0.1) is 10.1 Å². The van der Waals surface area contributed by atoms with Gasteiger partial charge in [0.2, 0.25) is 11.7 Å². The van der Waals surface area contributed by atoms with Crippen LogP contribution in [0.5, 0.6) is 5.75 Å². The van der Waals surface area contributed by atoms with E-state index >= 15 is 0 Å². The smallest absolute Gasteiger partial charge is 0.338 e. The van der Waals surface area contributed by atoms with Crippen molar-refractivity contribution < 1.29 is 33.2 Å². The van der Waals surface area contributed by atoms with Gasteiger partial charge in [-0.05, 0) is 30.3 Å². The number of benzene rings is 2. The van der Waals surface area contributed by atoms with Crippen LogP contribution < -0.4 is 10.1 Å². The van der Waals surface area contributed by atoms with E-state index in [9.17, 15) is 24.5 Å². The molecule has 3 aromatic rings. The van der Waals surface area contributed by atoms with Crippen molar-refractivity contribution in [1.29, 1.82) is 0 Å². The highest BCUT2D eigenvalue weighted by Crippen LogP contribution is 2.26. The molecule has 10 nitrogen and oxygen atoms in total. The molecular weight excluding hydrogens is 464 g/mol. The summed E-state index contributed by atoms with van der Waals surface area (Å²) in [6, 6.07) is 13.0. The van der Waals surface area contributed by atoms with Gasteiger partial charge in [0.25, 0.3) is 5.69 Å². The van der Waals surface area contributed by atoms with Gasteiger partial charge in [0.1, 0.15) is 11.5 Å². The number of rotatable bonds is 11. The molecule has 11 heteroatoms. The highest BCUT2D eigenvalue weighted by atomic mass is 32.2. The zero-order valence-corrected chi connectivity index (χ0v) is 18.8. The second-order valence-corrected chi connectivity index (χ2v) is 7.83. The second-order valence-electron chi connectivity index (χ2n) is 6.84. The summed E-state index contributed by atoms with van der Waals surface area (Å²) in [4.78, 5) is 47.3. The second kappa shape index (κ2) is 11.7. The molecule has 0 aliphatic rings. The van der Waals surface area contributed by atoms with Gasteiger partial charge in [-0.15, -0.1) is 11.8 Å². The van der Waals surface area contributed by atoms with Crippen molar-refractivity contribution in [2.24, 2.45) is 0 Å². The number of anilines is 1. The molecule has 3 rings (SSSR count). The lowest BCUT2D eigenvalue weighted by Gasteiger charge is -2.12. The minimum atomic E-state index is -0.802. The third-order valence-electron chi connectivity index (χ3n) is 4.48. The van der Waals surface area contributed by atoms with Gasteiger partial charge in [0, 0.05) is 17.7 Å². The van der Waals surface area contributed by atoms with E-state index < -0.39 is 23.3 Å². The predicted molar refractivity (Wildman–Crippen MR) is 124 cm³/mol. The van der Waals surface area contributed by atoms with Gasteiger partial charge >= 0.3 is 5.97 Å². The Morgan fingerprint density at radius 1 is 1.09 bits per heavy atom. The minimum Gasteiger partial charge on any atom is -0.495 e. The van der Waals surface area contributed by atoms with E-state index in [1.165, 1.54) is 55.3 Å². The Labute approximate surface area is 198 Å². The highest BCUT2D eigenvalue weighted by Gasteiger charge is 2.17. The molecule has 1 heterocycles. The maximum Gasteiger partial charge on any atom is 0.338 e. The zero-order valence-electron chi connectivity index (χ0n) is 18.0. The van der Waals surface area contributed by atoms with Gasteiger partial charge < -0.3 is 19.2 Å². The average molecular weight is 484 g/mol. The standard InChI is InChI=1S/C23H20N2O8S/c1-31-21-8-7-16(11-19(21)24-22(27)14-34-13-18-6-3-9-32-18)23(28)33-12-20(26)15-4-2-5-17(10-15)25(29)30/h2-11H,12-14H2,1H3,(H,24,27). The quantitative estimate of drug-likeness (QED) is 0.184. The van der Waals surface area contributed by atoms with Gasteiger partial charge in [0.05, 0.1) is 41.1 Å². The maximum absolute atomic E-state index is 12.4. The fraction of sp³-hybridized carbons (Fsp3) is 0.174. The third-order valence-corrected chi connectivity index (χ3v) is 5.44. The van der Waals surface area contributed by atoms with E-state index in [1.54, 1.807) is 12.3 Å². The van der Waals surface area contributed by atoms with E-state index in [1.807, 2.05) is 6.07 Å². The Morgan fingerprint density at radius 3 is 2.62 bits per heavy atom. The Kier molecular flexibility index (Phi) is 8.41. The molecule has 0 spiro atoms. The van der Waals surface area contributed by atoms with E-state index in [4.69, 9.17) is 13.9 Å². The van der Waals surface area contributed by atoms with Crippen molar-refractivity contribution in [2.75, 3.05) is 24.8 Å². The number of amides is 1. The molecule has 34 heavy (non-hydrogen) atoms. The number of ketones is 1. The maximum atomic E-state index is 12.4. The van der Waals surface area contributed by atoms with Crippen LogP contribution in [0.1, 0.15) is 26.5 Å². The fourth-order valence-electron chi connectivity index (χ4n) is 2.85. The minimum absolute atomic E-state index is 0.0525. The molecule has 1 N–H and O–H groups in total.